The third-order valence-electron chi connectivity index (χ3n) is 5.23. The molecule has 1 N–H and O–H groups in total. The van der Waals surface area contributed by atoms with E-state index in [9.17, 15) is 9.59 Å². The van der Waals surface area contributed by atoms with Gasteiger partial charge in [-0.05, 0) is 32.1 Å². The molecule has 2 rings (SSSR count). The SMILES string of the molecule is CCC1(C)NC(=O)C(C(C)C)N(C2CCCCCC2)C1=O. The highest BCUT2D eigenvalue weighted by Crippen LogP contribution is 2.32. The highest BCUT2D eigenvalue weighted by molar-refractivity contribution is 5.99. The van der Waals surface area contributed by atoms with E-state index in [2.05, 4.69) is 5.32 Å². The van der Waals surface area contributed by atoms with Crippen LogP contribution in [0.4, 0.5) is 0 Å². The van der Waals surface area contributed by atoms with Gasteiger partial charge >= 0.3 is 0 Å². The first-order valence-corrected chi connectivity index (χ1v) is 8.55. The van der Waals surface area contributed by atoms with Crippen LogP contribution in [0, 0.1) is 5.92 Å². The predicted molar refractivity (Wildman–Crippen MR) is 83.8 cm³/mol. The van der Waals surface area contributed by atoms with Crippen molar-refractivity contribution in [3.8, 4) is 0 Å². The van der Waals surface area contributed by atoms with Crippen LogP contribution in [-0.2, 0) is 9.59 Å². The maximum absolute atomic E-state index is 13.1. The minimum absolute atomic E-state index is 0.0261. The smallest absolute Gasteiger partial charge is 0.248 e. The summed E-state index contributed by atoms with van der Waals surface area (Å²) in [6.07, 6.45) is 7.58. The van der Waals surface area contributed by atoms with Crippen molar-refractivity contribution in [1.82, 2.24) is 10.2 Å². The van der Waals surface area contributed by atoms with E-state index >= 15 is 0 Å². The summed E-state index contributed by atoms with van der Waals surface area (Å²) in [5, 5.41) is 2.98. The Balaban J connectivity index is 2.33. The van der Waals surface area contributed by atoms with Gasteiger partial charge in [-0.3, -0.25) is 9.59 Å². The molecular formula is C17H30N2O2. The summed E-state index contributed by atoms with van der Waals surface area (Å²) < 4.78 is 0. The molecule has 4 nitrogen and oxygen atoms in total. The van der Waals surface area contributed by atoms with E-state index in [0.717, 1.165) is 12.8 Å². The number of rotatable bonds is 3. The van der Waals surface area contributed by atoms with Crippen LogP contribution in [0.5, 0.6) is 0 Å². The first-order chi connectivity index (χ1) is 9.90. The molecule has 1 heterocycles. The Kier molecular flexibility index (Phi) is 4.95. The van der Waals surface area contributed by atoms with E-state index in [1.165, 1.54) is 25.7 Å². The maximum atomic E-state index is 13.1. The number of carbonyl (C=O) groups excluding carboxylic acids is 2. The zero-order chi connectivity index (χ0) is 15.6. The first kappa shape index (κ1) is 16.3. The molecule has 0 radical (unpaired) electrons. The van der Waals surface area contributed by atoms with Crippen molar-refractivity contribution in [2.24, 2.45) is 5.92 Å². The molecule has 2 aliphatic rings. The van der Waals surface area contributed by atoms with Crippen LogP contribution in [0.25, 0.3) is 0 Å². The van der Waals surface area contributed by atoms with Gasteiger partial charge in [-0.25, -0.2) is 0 Å². The molecular weight excluding hydrogens is 264 g/mol. The third kappa shape index (κ3) is 3.09. The van der Waals surface area contributed by atoms with Gasteiger partial charge in [0.15, 0.2) is 0 Å². The highest BCUT2D eigenvalue weighted by atomic mass is 16.2. The Labute approximate surface area is 128 Å². The lowest BCUT2D eigenvalue weighted by Gasteiger charge is -2.48. The largest absolute Gasteiger partial charge is 0.340 e. The van der Waals surface area contributed by atoms with Crippen LogP contribution in [0.1, 0.15) is 72.6 Å². The fraction of sp³-hybridized carbons (Fsp3) is 0.882. The van der Waals surface area contributed by atoms with Crippen LogP contribution < -0.4 is 5.32 Å². The topological polar surface area (TPSA) is 49.4 Å². The molecule has 2 fully saturated rings. The molecule has 0 spiro atoms. The van der Waals surface area contributed by atoms with E-state index in [1.54, 1.807) is 0 Å². The number of nitrogens with zero attached hydrogens (tertiary/aromatic N) is 1. The Morgan fingerprint density at radius 1 is 1.19 bits per heavy atom. The minimum atomic E-state index is -0.727. The molecule has 0 bridgehead atoms. The van der Waals surface area contributed by atoms with Gasteiger partial charge in [0.05, 0.1) is 0 Å². The molecule has 1 saturated heterocycles. The second-order valence-corrected chi connectivity index (χ2v) is 7.22. The molecule has 0 aromatic heterocycles. The molecule has 0 aromatic rings. The Bertz CT molecular complexity index is 400. The number of amides is 2. The molecule has 4 heteroatoms. The van der Waals surface area contributed by atoms with Gasteiger partial charge in [-0.15, -0.1) is 0 Å². The van der Waals surface area contributed by atoms with Crippen LogP contribution in [-0.4, -0.2) is 34.3 Å². The molecule has 0 aromatic carbocycles. The number of hydrogen-bond donors (Lipinski definition) is 1. The standard InChI is InChI=1S/C17H30N2O2/c1-5-17(4)16(21)19(13-10-8-6-7-9-11-13)14(12(2)3)15(20)18-17/h12-14H,5-11H2,1-4H3,(H,18,20). The van der Waals surface area contributed by atoms with Crippen molar-refractivity contribution in [3.05, 3.63) is 0 Å². The number of carbonyl (C=O) groups is 2. The van der Waals surface area contributed by atoms with Gasteiger partial charge in [0.25, 0.3) is 0 Å². The summed E-state index contributed by atoms with van der Waals surface area (Å²) in [7, 11) is 0. The third-order valence-corrected chi connectivity index (χ3v) is 5.23. The van der Waals surface area contributed by atoms with Crippen LogP contribution in [0.3, 0.4) is 0 Å². The van der Waals surface area contributed by atoms with Gasteiger partial charge in [-0.2, -0.15) is 0 Å². The monoisotopic (exact) mass is 294 g/mol. The van der Waals surface area contributed by atoms with E-state index < -0.39 is 5.54 Å². The molecule has 120 valence electrons. The van der Waals surface area contributed by atoms with Gasteiger partial charge in [-0.1, -0.05) is 46.5 Å². The van der Waals surface area contributed by atoms with Crippen LogP contribution in [0.15, 0.2) is 0 Å². The zero-order valence-corrected chi connectivity index (χ0v) is 13.9. The molecule has 2 amide bonds. The van der Waals surface area contributed by atoms with Crippen molar-refractivity contribution in [2.75, 3.05) is 0 Å². The lowest BCUT2D eigenvalue weighted by atomic mass is 9.86. The molecule has 21 heavy (non-hydrogen) atoms. The Hall–Kier alpha value is -1.06. The fourth-order valence-corrected chi connectivity index (χ4v) is 3.73. The summed E-state index contributed by atoms with van der Waals surface area (Å²) in [6, 6.07) is -0.0652. The summed E-state index contributed by atoms with van der Waals surface area (Å²) in [5.41, 5.74) is -0.727. The lowest BCUT2D eigenvalue weighted by molar-refractivity contribution is -0.159. The first-order valence-electron chi connectivity index (χ1n) is 8.55. The highest BCUT2D eigenvalue weighted by Gasteiger charge is 2.49. The Morgan fingerprint density at radius 2 is 1.76 bits per heavy atom. The van der Waals surface area contributed by atoms with Crippen molar-refractivity contribution < 1.29 is 9.59 Å². The van der Waals surface area contributed by atoms with E-state index in [1.807, 2.05) is 32.6 Å². The fourth-order valence-electron chi connectivity index (χ4n) is 3.73. The van der Waals surface area contributed by atoms with E-state index in [4.69, 9.17) is 0 Å². The summed E-state index contributed by atoms with van der Waals surface area (Å²) >= 11 is 0. The molecule has 1 aliphatic carbocycles. The Morgan fingerprint density at radius 3 is 2.24 bits per heavy atom. The molecule has 2 unspecified atom stereocenters. The lowest BCUT2D eigenvalue weighted by Crippen LogP contribution is -2.71. The number of piperazine rings is 1. The van der Waals surface area contributed by atoms with Crippen molar-refractivity contribution in [3.63, 3.8) is 0 Å². The second kappa shape index (κ2) is 6.37. The summed E-state index contributed by atoms with van der Waals surface area (Å²) in [5.74, 6) is 0.298. The average Bonchev–Trinajstić information content (AvgIpc) is 2.70. The maximum Gasteiger partial charge on any atom is 0.248 e. The molecule has 2 atom stereocenters. The van der Waals surface area contributed by atoms with Gasteiger partial charge < -0.3 is 10.2 Å². The minimum Gasteiger partial charge on any atom is -0.340 e. The predicted octanol–water partition coefficient (Wildman–Crippen LogP) is 2.86. The van der Waals surface area contributed by atoms with Gasteiger partial charge in [0, 0.05) is 6.04 Å². The molecule has 1 saturated carbocycles. The summed E-state index contributed by atoms with van der Waals surface area (Å²) in [6.45, 7) is 7.91. The van der Waals surface area contributed by atoms with Crippen molar-refractivity contribution >= 4 is 11.8 Å². The van der Waals surface area contributed by atoms with Gasteiger partial charge in [0.1, 0.15) is 11.6 Å². The normalized spacial score (nSPS) is 32.2. The number of nitrogens with one attached hydrogen (secondary N) is 1. The number of hydrogen-bond acceptors (Lipinski definition) is 2. The molecule has 1 aliphatic heterocycles. The van der Waals surface area contributed by atoms with Gasteiger partial charge in [0.2, 0.25) is 11.8 Å². The second-order valence-electron chi connectivity index (χ2n) is 7.22. The van der Waals surface area contributed by atoms with Crippen LogP contribution >= 0.6 is 0 Å². The van der Waals surface area contributed by atoms with Crippen LogP contribution in [0.2, 0.25) is 0 Å². The van der Waals surface area contributed by atoms with Crippen molar-refractivity contribution in [2.45, 2.75) is 90.3 Å². The van der Waals surface area contributed by atoms with E-state index in [0.29, 0.717) is 6.42 Å². The zero-order valence-electron chi connectivity index (χ0n) is 13.9. The quantitative estimate of drug-likeness (QED) is 0.814. The average molecular weight is 294 g/mol. The van der Waals surface area contributed by atoms with E-state index in [-0.39, 0.29) is 29.8 Å². The summed E-state index contributed by atoms with van der Waals surface area (Å²) in [4.78, 5) is 27.6. The van der Waals surface area contributed by atoms with Crippen molar-refractivity contribution in [1.29, 1.82) is 0 Å².